The molecule has 2 amide bonds. The molecule has 1 aromatic carbocycles. The zero-order valence-electron chi connectivity index (χ0n) is 11.8. The van der Waals surface area contributed by atoms with Gasteiger partial charge >= 0.3 is 11.7 Å². The Hall–Kier alpha value is -2.50. The first kappa shape index (κ1) is 13.5. The van der Waals surface area contributed by atoms with Crippen molar-refractivity contribution in [3.63, 3.8) is 0 Å². The van der Waals surface area contributed by atoms with Gasteiger partial charge in [0.05, 0.1) is 17.8 Å². The van der Waals surface area contributed by atoms with Crippen molar-refractivity contribution in [3.05, 3.63) is 57.8 Å². The number of H-pyrrole nitrogens is 2. The Balaban J connectivity index is 1.62. The zero-order chi connectivity index (χ0) is 14.9. The van der Waals surface area contributed by atoms with Crippen LogP contribution in [0.1, 0.15) is 29.7 Å². The molecule has 0 aliphatic heterocycles. The number of imidazole rings is 1. The van der Waals surface area contributed by atoms with Crippen molar-refractivity contribution in [2.45, 2.75) is 31.8 Å². The van der Waals surface area contributed by atoms with Crippen molar-refractivity contribution in [2.75, 3.05) is 0 Å². The summed E-state index contributed by atoms with van der Waals surface area (Å²) >= 11 is 0. The number of aromatic amines is 2. The van der Waals surface area contributed by atoms with Crippen molar-refractivity contribution in [3.8, 4) is 0 Å². The van der Waals surface area contributed by atoms with Gasteiger partial charge in [0.1, 0.15) is 0 Å². The largest absolute Gasteiger partial charge is 0.333 e. The van der Waals surface area contributed by atoms with E-state index in [0.29, 0.717) is 5.69 Å². The summed E-state index contributed by atoms with van der Waals surface area (Å²) in [5.74, 6) is 0. The monoisotopic (exact) mass is 286 g/mol. The zero-order valence-corrected chi connectivity index (χ0v) is 11.8. The van der Waals surface area contributed by atoms with E-state index >= 15 is 0 Å². The highest BCUT2D eigenvalue weighted by Crippen LogP contribution is 2.46. The summed E-state index contributed by atoms with van der Waals surface area (Å²) in [6.07, 6.45) is 3.45. The second kappa shape index (κ2) is 5.12. The molecular formula is C15H18N4O2. The van der Waals surface area contributed by atoms with E-state index in [1.54, 1.807) is 6.20 Å². The van der Waals surface area contributed by atoms with Gasteiger partial charge in [0.2, 0.25) is 0 Å². The maximum absolute atomic E-state index is 12.0. The second-order valence-electron chi connectivity index (χ2n) is 5.47. The van der Waals surface area contributed by atoms with Crippen LogP contribution in [0.25, 0.3) is 0 Å². The lowest BCUT2D eigenvalue weighted by atomic mass is 9.99. The molecule has 1 aromatic heterocycles. The highest BCUT2D eigenvalue weighted by Gasteiger charge is 2.46. The van der Waals surface area contributed by atoms with Crippen LogP contribution in [0, 0.1) is 6.92 Å². The van der Waals surface area contributed by atoms with Crippen LogP contribution >= 0.6 is 0 Å². The molecule has 21 heavy (non-hydrogen) atoms. The molecule has 0 bridgehead atoms. The Morgan fingerprint density at radius 3 is 2.71 bits per heavy atom. The van der Waals surface area contributed by atoms with E-state index in [1.165, 1.54) is 11.1 Å². The van der Waals surface area contributed by atoms with E-state index in [0.717, 1.165) is 12.8 Å². The van der Waals surface area contributed by atoms with Gasteiger partial charge in [0.15, 0.2) is 0 Å². The van der Waals surface area contributed by atoms with Gasteiger partial charge < -0.3 is 20.6 Å². The fourth-order valence-electron chi connectivity index (χ4n) is 2.60. The Bertz CT molecular complexity index is 712. The fraction of sp³-hybridized carbons (Fsp3) is 0.333. The Labute approximate surface area is 122 Å². The lowest BCUT2D eigenvalue weighted by Gasteiger charge is -2.20. The fourth-order valence-corrected chi connectivity index (χ4v) is 2.60. The number of hydrogen-bond donors (Lipinski definition) is 4. The van der Waals surface area contributed by atoms with Crippen molar-refractivity contribution < 1.29 is 4.79 Å². The normalized spacial score (nSPS) is 15.5. The first-order valence-electron chi connectivity index (χ1n) is 6.98. The van der Waals surface area contributed by atoms with E-state index in [-0.39, 0.29) is 23.8 Å². The van der Waals surface area contributed by atoms with E-state index in [2.05, 4.69) is 39.7 Å². The van der Waals surface area contributed by atoms with Gasteiger partial charge in [-0.3, -0.25) is 0 Å². The van der Waals surface area contributed by atoms with Crippen molar-refractivity contribution in [1.82, 2.24) is 20.6 Å². The molecule has 1 aliphatic carbocycles. The molecule has 0 saturated heterocycles. The van der Waals surface area contributed by atoms with Crippen LogP contribution < -0.4 is 16.3 Å². The summed E-state index contributed by atoms with van der Waals surface area (Å²) in [5, 5.41) is 5.81. The highest BCUT2D eigenvalue weighted by molar-refractivity contribution is 5.75. The maximum Gasteiger partial charge on any atom is 0.323 e. The van der Waals surface area contributed by atoms with E-state index in [4.69, 9.17) is 0 Å². The van der Waals surface area contributed by atoms with Crippen LogP contribution in [-0.4, -0.2) is 16.0 Å². The minimum atomic E-state index is -0.272. The van der Waals surface area contributed by atoms with Crippen molar-refractivity contribution in [1.29, 1.82) is 0 Å². The van der Waals surface area contributed by atoms with Crippen molar-refractivity contribution in [2.24, 2.45) is 0 Å². The summed E-state index contributed by atoms with van der Waals surface area (Å²) < 4.78 is 0. The van der Waals surface area contributed by atoms with E-state index in [9.17, 15) is 9.59 Å². The molecule has 1 saturated carbocycles. The third-order valence-electron chi connectivity index (χ3n) is 3.85. The van der Waals surface area contributed by atoms with Crippen LogP contribution in [0.4, 0.5) is 4.79 Å². The van der Waals surface area contributed by atoms with Crippen LogP contribution in [0.2, 0.25) is 0 Å². The maximum atomic E-state index is 12.0. The third-order valence-corrected chi connectivity index (χ3v) is 3.85. The number of aromatic nitrogens is 2. The van der Waals surface area contributed by atoms with Gasteiger partial charge in [0.25, 0.3) is 0 Å². The first-order chi connectivity index (χ1) is 10.1. The third kappa shape index (κ3) is 2.84. The molecule has 1 fully saturated rings. The molecule has 2 aromatic rings. The number of carbonyl (C=O) groups excluding carboxylic acids is 1. The number of urea groups is 1. The van der Waals surface area contributed by atoms with Gasteiger partial charge in [0, 0.05) is 6.20 Å². The summed E-state index contributed by atoms with van der Waals surface area (Å²) in [4.78, 5) is 28.1. The average Bonchev–Trinajstić information content (AvgIpc) is 3.11. The number of rotatable bonds is 4. The molecular weight excluding hydrogens is 268 g/mol. The molecule has 6 heteroatoms. The van der Waals surface area contributed by atoms with Crippen LogP contribution in [0.5, 0.6) is 0 Å². The predicted molar refractivity (Wildman–Crippen MR) is 78.9 cm³/mol. The topological polar surface area (TPSA) is 89.8 Å². The Kier molecular flexibility index (Phi) is 3.29. The van der Waals surface area contributed by atoms with Gasteiger partial charge in [-0.2, -0.15) is 0 Å². The van der Waals surface area contributed by atoms with Gasteiger partial charge in [-0.05, 0) is 30.9 Å². The standard InChI is InChI=1S/C15H18N4O2/c1-10-4-2-3-5-12(10)15(6-7-15)19-14(21)17-9-11-8-16-13(20)18-11/h2-5,8H,6-7,9H2,1H3,(H2,16,18,20)(H2,17,19,21). The lowest BCUT2D eigenvalue weighted by Crippen LogP contribution is -2.42. The number of nitrogens with one attached hydrogen (secondary N) is 4. The molecule has 0 atom stereocenters. The minimum absolute atomic E-state index is 0.224. The molecule has 3 rings (SSSR count). The highest BCUT2D eigenvalue weighted by atomic mass is 16.2. The first-order valence-corrected chi connectivity index (χ1v) is 6.98. The van der Waals surface area contributed by atoms with Gasteiger partial charge in [-0.15, -0.1) is 0 Å². The summed E-state index contributed by atoms with van der Waals surface area (Å²) in [6, 6.07) is 7.88. The summed E-state index contributed by atoms with van der Waals surface area (Å²) in [6.45, 7) is 2.34. The van der Waals surface area contributed by atoms with Crippen LogP contribution in [0.15, 0.2) is 35.3 Å². The van der Waals surface area contributed by atoms with Gasteiger partial charge in [-0.1, -0.05) is 24.3 Å². The lowest BCUT2D eigenvalue weighted by molar-refractivity contribution is 0.235. The summed E-state index contributed by atoms with van der Waals surface area (Å²) in [7, 11) is 0. The number of amides is 2. The van der Waals surface area contributed by atoms with E-state index in [1.807, 2.05) is 12.1 Å². The quantitative estimate of drug-likeness (QED) is 0.686. The second-order valence-corrected chi connectivity index (χ2v) is 5.47. The molecule has 0 radical (unpaired) electrons. The number of carbonyl (C=O) groups is 1. The SMILES string of the molecule is Cc1ccccc1C1(NC(=O)NCc2c[nH]c(=O)[nH]2)CC1. The van der Waals surface area contributed by atoms with E-state index < -0.39 is 0 Å². The van der Waals surface area contributed by atoms with Crippen LogP contribution in [0.3, 0.4) is 0 Å². The van der Waals surface area contributed by atoms with Crippen molar-refractivity contribution >= 4 is 6.03 Å². The molecule has 110 valence electrons. The number of hydrogen-bond acceptors (Lipinski definition) is 2. The predicted octanol–water partition coefficient (Wildman–Crippen LogP) is 1.50. The molecule has 1 aliphatic rings. The average molecular weight is 286 g/mol. The Morgan fingerprint density at radius 2 is 2.10 bits per heavy atom. The summed E-state index contributed by atoms with van der Waals surface area (Å²) in [5.41, 5.74) is 2.50. The number of aryl methyl sites for hydroxylation is 1. The smallest absolute Gasteiger partial charge is 0.323 e. The Morgan fingerprint density at radius 1 is 1.33 bits per heavy atom. The number of benzene rings is 1. The van der Waals surface area contributed by atoms with Gasteiger partial charge in [-0.25, -0.2) is 9.59 Å². The molecule has 0 spiro atoms. The molecule has 1 heterocycles. The molecule has 6 nitrogen and oxygen atoms in total. The minimum Gasteiger partial charge on any atom is -0.333 e. The molecule has 4 N–H and O–H groups in total. The molecule has 0 unspecified atom stereocenters. The van der Waals surface area contributed by atoms with Crippen LogP contribution in [-0.2, 0) is 12.1 Å².